The number of halogens is 1. The summed E-state index contributed by atoms with van der Waals surface area (Å²) in [7, 11) is 0. The Morgan fingerprint density at radius 3 is 2.76 bits per heavy atom. The topological polar surface area (TPSA) is 43.6 Å². The van der Waals surface area contributed by atoms with Gasteiger partial charge in [0, 0.05) is 30.5 Å². The van der Waals surface area contributed by atoms with E-state index in [0.29, 0.717) is 12.4 Å². The molecule has 21 heavy (non-hydrogen) atoms. The third-order valence-electron chi connectivity index (χ3n) is 3.44. The number of pyridine rings is 2. The fraction of sp³-hybridized carbons (Fsp3) is 0.188. The monoisotopic (exact) mass is 282 g/mol. The van der Waals surface area contributed by atoms with Gasteiger partial charge in [-0.1, -0.05) is 6.07 Å². The van der Waals surface area contributed by atoms with Gasteiger partial charge in [-0.2, -0.15) is 0 Å². The summed E-state index contributed by atoms with van der Waals surface area (Å²) < 4.78 is 15.7. The number of hydrogen-bond donors (Lipinski definition) is 0. The summed E-state index contributed by atoms with van der Waals surface area (Å²) in [6.07, 6.45) is 6.87. The second-order valence-electron chi connectivity index (χ2n) is 4.96. The molecule has 0 unspecified atom stereocenters. The second kappa shape index (κ2) is 5.44. The van der Waals surface area contributed by atoms with Gasteiger partial charge < -0.3 is 4.57 Å². The normalized spacial score (nSPS) is 10.8. The number of rotatable bonds is 3. The van der Waals surface area contributed by atoms with Crippen molar-refractivity contribution in [3.63, 3.8) is 0 Å². The van der Waals surface area contributed by atoms with Crippen LogP contribution in [0.5, 0.6) is 0 Å². The molecule has 0 radical (unpaired) electrons. The van der Waals surface area contributed by atoms with Gasteiger partial charge in [0.2, 0.25) is 0 Å². The van der Waals surface area contributed by atoms with Crippen molar-refractivity contribution in [3.05, 3.63) is 65.6 Å². The smallest absolute Gasteiger partial charge is 0.162 e. The molecule has 0 amide bonds. The van der Waals surface area contributed by atoms with E-state index in [2.05, 4.69) is 21.0 Å². The highest BCUT2D eigenvalue weighted by Gasteiger charge is 2.12. The van der Waals surface area contributed by atoms with Gasteiger partial charge in [-0.05, 0) is 37.1 Å². The molecule has 4 nitrogen and oxygen atoms in total. The molecule has 3 rings (SSSR count). The largest absolute Gasteiger partial charge is 0.325 e. The van der Waals surface area contributed by atoms with Crippen LogP contribution in [-0.2, 0) is 6.54 Å². The van der Waals surface area contributed by atoms with Crippen molar-refractivity contribution in [2.24, 2.45) is 0 Å². The Hall–Kier alpha value is -2.56. The second-order valence-corrected chi connectivity index (χ2v) is 4.96. The van der Waals surface area contributed by atoms with Crippen LogP contribution < -0.4 is 0 Å². The molecular formula is C16H15FN4. The van der Waals surface area contributed by atoms with Gasteiger partial charge in [-0.25, -0.2) is 14.4 Å². The van der Waals surface area contributed by atoms with Crippen LogP contribution in [0.15, 0.2) is 43.0 Å². The lowest BCUT2D eigenvalue weighted by atomic mass is 10.1. The number of aryl methyl sites for hydroxylation is 2. The number of imidazole rings is 1. The molecule has 0 aliphatic rings. The Balaban J connectivity index is 1.96. The number of nitrogens with zero attached hydrogens (tertiary/aromatic N) is 4. The number of hydrogen-bond acceptors (Lipinski definition) is 3. The third-order valence-corrected chi connectivity index (χ3v) is 3.44. The lowest BCUT2D eigenvalue weighted by Crippen LogP contribution is -2.04. The van der Waals surface area contributed by atoms with Gasteiger partial charge in [0.05, 0.1) is 6.54 Å². The summed E-state index contributed by atoms with van der Waals surface area (Å²) in [5.74, 6) is 0.148. The Morgan fingerprint density at radius 2 is 2.00 bits per heavy atom. The molecule has 0 spiro atoms. The molecule has 0 atom stereocenters. The van der Waals surface area contributed by atoms with Gasteiger partial charge in [0.1, 0.15) is 5.69 Å². The van der Waals surface area contributed by atoms with E-state index in [0.717, 1.165) is 16.8 Å². The Kier molecular flexibility index (Phi) is 3.48. The molecule has 3 aromatic rings. The van der Waals surface area contributed by atoms with Crippen LogP contribution in [0.4, 0.5) is 4.39 Å². The maximum absolute atomic E-state index is 13.9. The minimum Gasteiger partial charge on any atom is -0.325 e. The zero-order valence-corrected chi connectivity index (χ0v) is 11.9. The van der Waals surface area contributed by atoms with E-state index in [1.165, 1.54) is 6.07 Å². The van der Waals surface area contributed by atoms with Gasteiger partial charge in [0.15, 0.2) is 11.6 Å². The molecule has 0 saturated carbocycles. The van der Waals surface area contributed by atoms with Crippen molar-refractivity contribution >= 4 is 0 Å². The van der Waals surface area contributed by atoms with Crippen molar-refractivity contribution in [2.45, 2.75) is 20.4 Å². The first-order valence-corrected chi connectivity index (χ1v) is 6.69. The fourth-order valence-corrected chi connectivity index (χ4v) is 2.19. The van der Waals surface area contributed by atoms with Crippen LogP contribution >= 0.6 is 0 Å². The molecular weight excluding hydrogens is 267 g/mol. The van der Waals surface area contributed by atoms with Crippen LogP contribution in [0, 0.1) is 19.7 Å². The summed E-state index contributed by atoms with van der Waals surface area (Å²) >= 11 is 0. The standard InChI is InChI=1S/C16H15FN4/c1-11-8-13(9-20-12(11)2)10-21-7-6-19-16(21)15-14(17)4-3-5-18-15/h3-9H,10H2,1-2H3. The molecule has 3 heterocycles. The van der Waals surface area contributed by atoms with E-state index < -0.39 is 0 Å². The summed E-state index contributed by atoms with van der Waals surface area (Å²) in [4.78, 5) is 12.7. The predicted octanol–water partition coefficient (Wildman–Crippen LogP) is 3.14. The molecule has 0 N–H and O–H groups in total. The first kappa shape index (κ1) is 13.4. The van der Waals surface area contributed by atoms with Gasteiger partial charge in [-0.15, -0.1) is 0 Å². The van der Waals surface area contributed by atoms with E-state index in [1.807, 2.05) is 30.8 Å². The number of aromatic nitrogens is 4. The predicted molar refractivity (Wildman–Crippen MR) is 78.2 cm³/mol. The minimum absolute atomic E-state index is 0.263. The van der Waals surface area contributed by atoms with E-state index in [-0.39, 0.29) is 11.5 Å². The van der Waals surface area contributed by atoms with Gasteiger partial charge in [-0.3, -0.25) is 4.98 Å². The average molecular weight is 282 g/mol. The van der Waals surface area contributed by atoms with Gasteiger partial charge in [0.25, 0.3) is 0 Å². The highest BCUT2D eigenvalue weighted by Crippen LogP contribution is 2.19. The van der Waals surface area contributed by atoms with Crippen molar-refractivity contribution in [2.75, 3.05) is 0 Å². The summed E-state index contributed by atoms with van der Waals surface area (Å²) in [6, 6.07) is 5.04. The summed E-state index contributed by atoms with van der Waals surface area (Å²) in [5, 5.41) is 0. The molecule has 0 bridgehead atoms. The van der Waals surface area contributed by atoms with E-state index in [4.69, 9.17) is 0 Å². The molecule has 106 valence electrons. The first-order valence-electron chi connectivity index (χ1n) is 6.69. The molecule has 0 aromatic carbocycles. The van der Waals surface area contributed by atoms with Crippen molar-refractivity contribution in [3.8, 4) is 11.5 Å². The summed E-state index contributed by atoms with van der Waals surface area (Å²) in [5.41, 5.74) is 3.46. The van der Waals surface area contributed by atoms with E-state index in [9.17, 15) is 4.39 Å². The zero-order valence-electron chi connectivity index (χ0n) is 11.9. The van der Waals surface area contributed by atoms with E-state index >= 15 is 0 Å². The van der Waals surface area contributed by atoms with Crippen LogP contribution in [0.1, 0.15) is 16.8 Å². The van der Waals surface area contributed by atoms with Crippen LogP contribution in [-0.4, -0.2) is 19.5 Å². The fourth-order valence-electron chi connectivity index (χ4n) is 2.19. The lowest BCUT2D eigenvalue weighted by Gasteiger charge is -2.09. The lowest BCUT2D eigenvalue weighted by molar-refractivity contribution is 0.621. The quantitative estimate of drug-likeness (QED) is 0.741. The molecule has 3 aromatic heterocycles. The Bertz CT molecular complexity index is 779. The molecule has 0 saturated heterocycles. The summed E-state index contributed by atoms with van der Waals surface area (Å²) in [6.45, 7) is 4.59. The highest BCUT2D eigenvalue weighted by atomic mass is 19.1. The Morgan fingerprint density at radius 1 is 1.14 bits per heavy atom. The van der Waals surface area contributed by atoms with E-state index in [1.54, 1.807) is 18.5 Å². The molecule has 0 aliphatic heterocycles. The maximum Gasteiger partial charge on any atom is 0.162 e. The van der Waals surface area contributed by atoms with Crippen LogP contribution in [0.25, 0.3) is 11.5 Å². The SMILES string of the molecule is Cc1cc(Cn2ccnc2-c2ncccc2F)cnc1C. The van der Waals surface area contributed by atoms with Crippen LogP contribution in [0.3, 0.4) is 0 Å². The van der Waals surface area contributed by atoms with Crippen LogP contribution in [0.2, 0.25) is 0 Å². The molecule has 5 heteroatoms. The Labute approximate surface area is 122 Å². The van der Waals surface area contributed by atoms with Crippen molar-refractivity contribution in [1.29, 1.82) is 0 Å². The average Bonchev–Trinajstić information content (AvgIpc) is 2.91. The minimum atomic E-state index is -0.372. The zero-order chi connectivity index (χ0) is 14.8. The van der Waals surface area contributed by atoms with Crippen molar-refractivity contribution < 1.29 is 4.39 Å². The molecule has 0 fully saturated rings. The van der Waals surface area contributed by atoms with Crippen molar-refractivity contribution in [1.82, 2.24) is 19.5 Å². The highest BCUT2D eigenvalue weighted by molar-refractivity contribution is 5.50. The third kappa shape index (κ3) is 2.67. The van der Waals surface area contributed by atoms with Gasteiger partial charge >= 0.3 is 0 Å². The molecule has 0 aliphatic carbocycles. The first-order chi connectivity index (χ1) is 10.1. The maximum atomic E-state index is 13.9.